The van der Waals surface area contributed by atoms with E-state index in [0.29, 0.717) is 17.2 Å². The molecule has 25 heavy (non-hydrogen) atoms. The van der Waals surface area contributed by atoms with Crippen molar-refractivity contribution in [2.75, 3.05) is 13.7 Å². The van der Waals surface area contributed by atoms with Crippen LogP contribution in [-0.4, -0.2) is 34.8 Å². The summed E-state index contributed by atoms with van der Waals surface area (Å²) in [6, 6.07) is 15.2. The van der Waals surface area contributed by atoms with Gasteiger partial charge in [0.25, 0.3) is 0 Å². The zero-order valence-electron chi connectivity index (χ0n) is 14.0. The van der Waals surface area contributed by atoms with Gasteiger partial charge in [-0.25, -0.2) is 5.10 Å². The van der Waals surface area contributed by atoms with Crippen molar-refractivity contribution >= 4 is 18.4 Å². The molecule has 1 aromatic heterocycles. The summed E-state index contributed by atoms with van der Waals surface area (Å²) in [5.74, 6) is 2.17. The van der Waals surface area contributed by atoms with Gasteiger partial charge in [-0.05, 0) is 55.5 Å². The summed E-state index contributed by atoms with van der Waals surface area (Å²) >= 11 is 5.30. The highest BCUT2D eigenvalue weighted by molar-refractivity contribution is 7.71. The molecule has 0 radical (unpaired) electrons. The molecule has 1 heterocycles. The molecular weight excluding hydrogens is 336 g/mol. The Kier molecular flexibility index (Phi) is 5.25. The van der Waals surface area contributed by atoms with E-state index in [4.69, 9.17) is 21.7 Å². The van der Waals surface area contributed by atoms with Crippen molar-refractivity contribution in [2.24, 2.45) is 5.10 Å². The van der Waals surface area contributed by atoms with Crippen LogP contribution in [0.1, 0.15) is 12.5 Å². The molecule has 0 aliphatic carbocycles. The topological polar surface area (TPSA) is 64.4 Å². The Morgan fingerprint density at radius 3 is 2.68 bits per heavy atom. The van der Waals surface area contributed by atoms with Gasteiger partial charge in [0.15, 0.2) is 5.82 Å². The molecule has 0 atom stereocenters. The van der Waals surface area contributed by atoms with Crippen molar-refractivity contribution in [3.8, 4) is 22.9 Å². The van der Waals surface area contributed by atoms with Gasteiger partial charge < -0.3 is 9.47 Å². The van der Waals surface area contributed by atoms with Crippen molar-refractivity contribution in [2.45, 2.75) is 6.92 Å². The SMILES string of the molecule is CCOc1ccccc1C=Nn1c(-c2ccc(OC)cc2)n[nH]c1=S. The largest absolute Gasteiger partial charge is 0.497 e. The van der Waals surface area contributed by atoms with E-state index < -0.39 is 0 Å². The van der Waals surface area contributed by atoms with E-state index in [9.17, 15) is 0 Å². The lowest BCUT2D eigenvalue weighted by molar-refractivity contribution is 0.340. The highest BCUT2D eigenvalue weighted by atomic mass is 32.1. The highest BCUT2D eigenvalue weighted by Gasteiger charge is 2.08. The zero-order valence-corrected chi connectivity index (χ0v) is 14.8. The maximum atomic E-state index is 5.61. The van der Waals surface area contributed by atoms with E-state index in [1.165, 1.54) is 0 Å². The van der Waals surface area contributed by atoms with E-state index in [1.807, 2.05) is 55.5 Å². The van der Waals surface area contributed by atoms with Crippen LogP contribution >= 0.6 is 12.2 Å². The van der Waals surface area contributed by atoms with Gasteiger partial charge in [-0.2, -0.15) is 14.9 Å². The smallest absolute Gasteiger partial charge is 0.216 e. The molecule has 0 saturated carbocycles. The van der Waals surface area contributed by atoms with E-state index >= 15 is 0 Å². The molecule has 3 rings (SSSR count). The second-order valence-corrected chi connectivity index (χ2v) is 5.49. The fourth-order valence-corrected chi connectivity index (χ4v) is 2.50. The first kappa shape index (κ1) is 16.9. The van der Waals surface area contributed by atoms with Crippen molar-refractivity contribution in [1.82, 2.24) is 14.9 Å². The van der Waals surface area contributed by atoms with Crippen LogP contribution in [0.4, 0.5) is 0 Å². The first-order valence-corrected chi connectivity index (χ1v) is 8.21. The Labute approximate surface area is 150 Å². The maximum Gasteiger partial charge on any atom is 0.216 e. The molecule has 0 aliphatic rings. The van der Waals surface area contributed by atoms with Gasteiger partial charge in [0.1, 0.15) is 11.5 Å². The van der Waals surface area contributed by atoms with Crippen LogP contribution in [-0.2, 0) is 0 Å². The minimum atomic E-state index is 0.413. The molecule has 0 saturated heterocycles. The quantitative estimate of drug-likeness (QED) is 0.539. The predicted octanol–water partition coefficient (Wildman–Crippen LogP) is 3.90. The molecule has 6 nitrogen and oxygen atoms in total. The van der Waals surface area contributed by atoms with Gasteiger partial charge in [-0.3, -0.25) is 0 Å². The highest BCUT2D eigenvalue weighted by Crippen LogP contribution is 2.21. The number of H-pyrrole nitrogens is 1. The van der Waals surface area contributed by atoms with E-state index in [2.05, 4.69) is 15.3 Å². The van der Waals surface area contributed by atoms with Gasteiger partial charge in [-0.1, -0.05) is 12.1 Å². The molecule has 0 spiro atoms. The van der Waals surface area contributed by atoms with Gasteiger partial charge in [0.2, 0.25) is 4.77 Å². The Bertz CT molecular complexity index is 929. The number of para-hydroxylation sites is 1. The number of benzene rings is 2. The van der Waals surface area contributed by atoms with E-state index in [-0.39, 0.29) is 0 Å². The molecule has 2 aromatic carbocycles. The second-order valence-electron chi connectivity index (χ2n) is 5.11. The molecule has 7 heteroatoms. The van der Waals surface area contributed by atoms with Crippen LogP contribution in [0.5, 0.6) is 11.5 Å². The summed E-state index contributed by atoms with van der Waals surface area (Å²) < 4.78 is 12.8. The number of aromatic nitrogens is 3. The minimum absolute atomic E-state index is 0.413. The minimum Gasteiger partial charge on any atom is -0.497 e. The Hall–Kier alpha value is -2.93. The first-order valence-electron chi connectivity index (χ1n) is 7.81. The standard InChI is InChI=1S/C18H18N4O2S/c1-3-24-16-7-5-4-6-14(16)12-19-22-17(20-21-18(22)25)13-8-10-15(23-2)11-9-13/h4-12H,3H2,1-2H3,(H,21,25). The van der Waals surface area contributed by atoms with E-state index in [0.717, 1.165) is 22.6 Å². The summed E-state index contributed by atoms with van der Waals surface area (Å²) in [7, 11) is 1.63. The lowest BCUT2D eigenvalue weighted by Crippen LogP contribution is -1.98. The third kappa shape index (κ3) is 3.77. The van der Waals surface area contributed by atoms with Gasteiger partial charge in [0.05, 0.1) is 19.9 Å². The van der Waals surface area contributed by atoms with Crippen LogP contribution in [0.2, 0.25) is 0 Å². The summed E-state index contributed by atoms with van der Waals surface area (Å²) in [5, 5.41) is 11.5. The molecule has 3 aromatic rings. The van der Waals surface area contributed by atoms with Crippen LogP contribution in [0.25, 0.3) is 11.4 Å². The number of rotatable bonds is 6. The Morgan fingerprint density at radius 1 is 1.20 bits per heavy atom. The fourth-order valence-electron chi connectivity index (χ4n) is 2.32. The lowest BCUT2D eigenvalue weighted by atomic mass is 10.2. The monoisotopic (exact) mass is 354 g/mol. The van der Waals surface area contributed by atoms with Gasteiger partial charge in [-0.15, -0.1) is 0 Å². The average molecular weight is 354 g/mol. The number of methoxy groups -OCH3 is 1. The molecule has 0 bridgehead atoms. The lowest BCUT2D eigenvalue weighted by Gasteiger charge is -2.06. The van der Waals surface area contributed by atoms with Crippen LogP contribution in [0.3, 0.4) is 0 Å². The Morgan fingerprint density at radius 2 is 1.96 bits per heavy atom. The summed E-state index contributed by atoms with van der Waals surface area (Å²) in [6.07, 6.45) is 1.71. The first-order chi connectivity index (χ1) is 12.2. The number of nitrogens with zero attached hydrogens (tertiary/aromatic N) is 3. The molecule has 0 fully saturated rings. The number of hydrogen-bond acceptors (Lipinski definition) is 5. The third-order valence-electron chi connectivity index (χ3n) is 3.53. The summed E-state index contributed by atoms with van der Waals surface area (Å²) in [6.45, 7) is 2.54. The van der Waals surface area contributed by atoms with Crippen LogP contribution in [0.15, 0.2) is 53.6 Å². The van der Waals surface area contributed by atoms with Crippen molar-refractivity contribution in [3.63, 3.8) is 0 Å². The van der Waals surface area contributed by atoms with Crippen LogP contribution < -0.4 is 9.47 Å². The molecule has 128 valence electrons. The van der Waals surface area contributed by atoms with Crippen molar-refractivity contribution in [1.29, 1.82) is 0 Å². The number of nitrogens with one attached hydrogen (secondary N) is 1. The normalized spacial score (nSPS) is 11.0. The van der Waals surface area contributed by atoms with Gasteiger partial charge in [0, 0.05) is 11.1 Å². The van der Waals surface area contributed by atoms with Crippen LogP contribution in [0, 0.1) is 4.77 Å². The predicted molar refractivity (Wildman–Crippen MR) is 100 cm³/mol. The molecule has 1 N–H and O–H groups in total. The average Bonchev–Trinajstić information content (AvgIpc) is 3.02. The van der Waals surface area contributed by atoms with Gasteiger partial charge >= 0.3 is 0 Å². The van der Waals surface area contributed by atoms with Crippen molar-refractivity contribution < 1.29 is 9.47 Å². The molecule has 0 amide bonds. The van der Waals surface area contributed by atoms with Crippen molar-refractivity contribution in [3.05, 3.63) is 58.9 Å². The molecular formula is C18H18N4O2S. The third-order valence-corrected chi connectivity index (χ3v) is 3.79. The fraction of sp³-hybridized carbons (Fsp3) is 0.167. The van der Waals surface area contributed by atoms with E-state index in [1.54, 1.807) is 18.0 Å². The number of ether oxygens (including phenoxy) is 2. The number of hydrogen-bond donors (Lipinski definition) is 1. The zero-order chi connectivity index (χ0) is 17.6. The maximum absolute atomic E-state index is 5.61. The summed E-state index contributed by atoms with van der Waals surface area (Å²) in [4.78, 5) is 0. The summed E-state index contributed by atoms with van der Waals surface area (Å²) in [5.41, 5.74) is 1.75. The molecule has 0 aliphatic heterocycles. The number of aromatic amines is 1. The Balaban J connectivity index is 1.96. The molecule has 0 unspecified atom stereocenters. The second kappa shape index (κ2) is 7.76.